The Morgan fingerprint density at radius 2 is 1.72 bits per heavy atom. The largest absolute Gasteiger partial charge is 0.347 e. The van der Waals surface area contributed by atoms with E-state index in [2.05, 4.69) is 18.7 Å². The lowest BCUT2D eigenvalue weighted by Gasteiger charge is -2.43. The zero-order valence-electron chi connectivity index (χ0n) is 11.6. The predicted octanol–water partition coefficient (Wildman–Crippen LogP) is 1.20. The average molecular weight is 254 g/mol. The van der Waals surface area contributed by atoms with Gasteiger partial charge in [-0.3, -0.25) is 4.90 Å². The molecule has 0 aromatic rings. The van der Waals surface area contributed by atoms with Crippen LogP contribution in [0.2, 0.25) is 0 Å². The van der Waals surface area contributed by atoms with Crippen LogP contribution in [-0.2, 0) is 9.47 Å². The minimum atomic E-state index is -0.310. The van der Waals surface area contributed by atoms with Crippen molar-refractivity contribution < 1.29 is 9.47 Å². The molecule has 0 aromatic carbocycles. The maximum atomic E-state index is 6.35. The second-order valence-corrected chi connectivity index (χ2v) is 6.49. The van der Waals surface area contributed by atoms with Gasteiger partial charge in [0.2, 0.25) is 0 Å². The van der Waals surface area contributed by atoms with Gasteiger partial charge >= 0.3 is 0 Å². The molecular weight excluding hydrogens is 228 g/mol. The van der Waals surface area contributed by atoms with Gasteiger partial charge in [-0.1, -0.05) is 13.8 Å². The predicted molar refractivity (Wildman–Crippen MR) is 70.2 cm³/mol. The number of ether oxygens (including phenoxy) is 2. The van der Waals surface area contributed by atoms with Gasteiger partial charge in [0.05, 0.1) is 13.2 Å². The third-order valence-corrected chi connectivity index (χ3v) is 5.17. The average Bonchev–Trinajstić information content (AvgIpc) is 2.92. The monoisotopic (exact) mass is 254 g/mol. The van der Waals surface area contributed by atoms with E-state index in [1.807, 2.05) is 0 Å². The molecule has 4 unspecified atom stereocenters. The third kappa shape index (κ3) is 2.20. The summed E-state index contributed by atoms with van der Waals surface area (Å²) in [5.41, 5.74) is 6.35. The Morgan fingerprint density at radius 3 is 2.33 bits per heavy atom. The normalized spacial score (nSPS) is 44.8. The molecule has 2 N–H and O–H groups in total. The van der Waals surface area contributed by atoms with E-state index in [-0.39, 0.29) is 11.8 Å². The van der Waals surface area contributed by atoms with E-state index in [0.29, 0.717) is 6.04 Å². The van der Waals surface area contributed by atoms with Gasteiger partial charge in [0.25, 0.3) is 0 Å². The Labute approximate surface area is 110 Å². The first-order chi connectivity index (χ1) is 8.60. The number of hydrogen-bond donors (Lipinski definition) is 1. The standard InChI is InChI=1S/C14H26N2O2/c1-10-8-16(9-11(10)2)13-7-14(4-3-12(13)15)17-5-6-18-14/h10-13H,3-9,15H2,1-2H3. The lowest BCUT2D eigenvalue weighted by Crippen LogP contribution is -2.55. The molecule has 18 heavy (non-hydrogen) atoms. The minimum absolute atomic E-state index is 0.279. The van der Waals surface area contributed by atoms with E-state index in [0.717, 1.165) is 44.3 Å². The fraction of sp³-hybridized carbons (Fsp3) is 1.00. The van der Waals surface area contributed by atoms with Crippen LogP contribution in [0.25, 0.3) is 0 Å². The summed E-state index contributed by atoms with van der Waals surface area (Å²) >= 11 is 0. The quantitative estimate of drug-likeness (QED) is 0.764. The smallest absolute Gasteiger partial charge is 0.170 e. The molecule has 0 radical (unpaired) electrons. The van der Waals surface area contributed by atoms with E-state index in [4.69, 9.17) is 15.2 Å². The van der Waals surface area contributed by atoms with E-state index in [1.165, 1.54) is 13.1 Å². The first-order valence-corrected chi connectivity index (χ1v) is 7.37. The number of nitrogens with two attached hydrogens (primary N) is 1. The van der Waals surface area contributed by atoms with E-state index < -0.39 is 0 Å². The molecule has 2 saturated heterocycles. The fourth-order valence-electron chi connectivity index (χ4n) is 3.76. The lowest BCUT2D eigenvalue weighted by molar-refractivity contribution is -0.191. The summed E-state index contributed by atoms with van der Waals surface area (Å²) in [4.78, 5) is 2.58. The molecule has 3 fully saturated rings. The molecule has 2 aliphatic heterocycles. The zero-order valence-corrected chi connectivity index (χ0v) is 11.6. The summed E-state index contributed by atoms with van der Waals surface area (Å²) in [5, 5.41) is 0. The topological polar surface area (TPSA) is 47.7 Å². The van der Waals surface area contributed by atoms with Crippen LogP contribution in [0.4, 0.5) is 0 Å². The summed E-state index contributed by atoms with van der Waals surface area (Å²) in [6, 6.07) is 0.713. The van der Waals surface area contributed by atoms with Gasteiger partial charge in [-0.2, -0.15) is 0 Å². The van der Waals surface area contributed by atoms with Crippen molar-refractivity contribution in [3.05, 3.63) is 0 Å². The Hall–Kier alpha value is -0.160. The van der Waals surface area contributed by atoms with Crippen molar-refractivity contribution in [2.75, 3.05) is 26.3 Å². The van der Waals surface area contributed by atoms with Gasteiger partial charge in [0.15, 0.2) is 5.79 Å². The Bertz CT molecular complexity index is 294. The third-order valence-electron chi connectivity index (χ3n) is 5.17. The van der Waals surface area contributed by atoms with Crippen LogP contribution >= 0.6 is 0 Å². The van der Waals surface area contributed by atoms with Crippen LogP contribution in [0, 0.1) is 11.8 Å². The van der Waals surface area contributed by atoms with Crippen molar-refractivity contribution in [3.8, 4) is 0 Å². The van der Waals surface area contributed by atoms with Crippen molar-refractivity contribution in [2.24, 2.45) is 17.6 Å². The summed E-state index contributed by atoms with van der Waals surface area (Å²) in [5.74, 6) is 1.25. The van der Waals surface area contributed by atoms with Crippen LogP contribution in [0.5, 0.6) is 0 Å². The number of hydrogen-bond acceptors (Lipinski definition) is 4. The van der Waals surface area contributed by atoms with Crippen molar-refractivity contribution in [1.82, 2.24) is 4.90 Å². The lowest BCUT2D eigenvalue weighted by atomic mass is 9.85. The van der Waals surface area contributed by atoms with Crippen molar-refractivity contribution >= 4 is 0 Å². The molecule has 4 atom stereocenters. The molecule has 3 rings (SSSR count). The van der Waals surface area contributed by atoms with Crippen LogP contribution < -0.4 is 5.73 Å². The Kier molecular flexibility index (Phi) is 3.39. The summed E-state index contributed by atoms with van der Waals surface area (Å²) in [7, 11) is 0. The van der Waals surface area contributed by atoms with Gasteiger partial charge < -0.3 is 15.2 Å². The highest BCUT2D eigenvalue weighted by Gasteiger charge is 2.47. The molecule has 0 aromatic heterocycles. The molecule has 1 saturated carbocycles. The molecular formula is C14H26N2O2. The first kappa shape index (κ1) is 12.9. The van der Waals surface area contributed by atoms with Crippen LogP contribution in [0.15, 0.2) is 0 Å². The van der Waals surface area contributed by atoms with Gasteiger partial charge in [-0.15, -0.1) is 0 Å². The zero-order chi connectivity index (χ0) is 12.8. The molecule has 4 nitrogen and oxygen atoms in total. The molecule has 1 spiro atoms. The van der Waals surface area contributed by atoms with E-state index in [9.17, 15) is 0 Å². The van der Waals surface area contributed by atoms with Crippen LogP contribution in [-0.4, -0.2) is 49.1 Å². The molecule has 1 aliphatic carbocycles. The Balaban J connectivity index is 1.70. The summed E-state index contributed by atoms with van der Waals surface area (Å²) in [6.07, 6.45) is 2.93. The molecule has 0 amide bonds. The Morgan fingerprint density at radius 1 is 1.11 bits per heavy atom. The summed E-state index contributed by atoms with van der Waals surface area (Å²) in [6.45, 7) is 8.53. The number of rotatable bonds is 1. The minimum Gasteiger partial charge on any atom is -0.347 e. The molecule has 3 aliphatic rings. The van der Waals surface area contributed by atoms with Crippen molar-refractivity contribution in [1.29, 1.82) is 0 Å². The number of nitrogens with zero attached hydrogens (tertiary/aromatic N) is 1. The van der Waals surface area contributed by atoms with Gasteiger partial charge in [0, 0.05) is 38.0 Å². The first-order valence-electron chi connectivity index (χ1n) is 7.37. The molecule has 0 bridgehead atoms. The SMILES string of the molecule is CC1CN(C2CC3(CCC2N)OCCO3)CC1C. The molecule has 4 heteroatoms. The van der Waals surface area contributed by atoms with Gasteiger partial charge in [-0.25, -0.2) is 0 Å². The number of likely N-dealkylation sites (tertiary alicyclic amines) is 1. The van der Waals surface area contributed by atoms with Crippen molar-refractivity contribution in [2.45, 2.75) is 51.0 Å². The highest BCUT2D eigenvalue weighted by Crippen LogP contribution is 2.39. The maximum absolute atomic E-state index is 6.35. The van der Waals surface area contributed by atoms with Gasteiger partial charge in [-0.05, 0) is 18.3 Å². The van der Waals surface area contributed by atoms with E-state index >= 15 is 0 Å². The van der Waals surface area contributed by atoms with Crippen LogP contribution in [0.3, 0.4) is 0 Å². The second kappa shape index (κ2) is 4.75. The van der Waals surface area contributed by atoms with E-state index in [1.54, 1.807) is 0 Å². The highest BCUT2D eigenvalue weighted by molar-refractivity contribution is 4.97. The summed E-state index contributed by atoms with van der Waals surface area (Å²) < 4.78 is 11.7. The van der Waals surface area contributed by atoms with Gasteiger partial charge in [0.1, 0.15) is 0 Å². The maximum Gasteiger partial charge on any atom is 0.170 e. The van der Waals surface area contributed by atoms with Crippen LogP contribution in [0.1, 0.15) is 33.1 Å². The van der Waals surface area contributed by atoms with Crippen molar-refractivity contribution in [3.63, 3.8) is 0 Å². The molecule has 104 valence electrons. The molecule has 2 heterocycles. The fourth-order valence-corrected chi connectivity index (χ4v) is 3.76. The highest BCUT2D eigenvalue weighted by atomic mass is 16.7. The second-order valence-electron chi connectivity index (χ2n) is 6.49.